The molecule has 0 radical (unpaired) electrons. The molecule has 0 fully saturated rings. The Kier molecular flexibility index (Phi) is 6.74. The standard InChI is InChI=1S/C46H28N4O/c1-3-13-30(14-4-1)44-48-45(31-15-5-2-6-16-31)50-46(49-44)33-18-11-17-32(24-33)38-25-34(26-40-37-20-9-10-21-42(37)51-43(38)40)35-27-39-36-19-8-7-12-29(36)22-23-41(39)47-28-35/h1-28H. The van der Waals surface area contributed by atoms with Gasteiger partial charge >= 0.3 is 0 Å². The summed E-state index contributed by atoms with van der Waals surface area (Å²) in [7, 11) is 0. The molecule has 7 aromatic carbocycles. The molecular formula is C46H28N4O. The number of para-hydroxylation sites is 1. The predicted molar refractivity (Wildman–Crippen MR) is 207 cm³/mol. The first kappa shape index (κ1) is 29.0. The van der Waals surface area contributed by atoms with Gasteiger partial charge < -0.3 is 4.42 Å². The van der Waals surface area contributed by atoms with Crippen molar-refractivity contribution >= 4 is 43.6 Å². The fourth-order valence-electron chi connectivity index (χ4n) is 7.01. The number of pyridine rings is 1. The first-order valence-electron chi connectivity index (χ1n) is 17.0. The van der Waals surface area contributed by atoms with E-state index in [1.54, 1.807) is 0 Å². The number of hydrogen-bond acceptors (Lipinski definition) is 5. The van der Waals surface area contributed by atoms with E-state index in [0.29, 0.717) is 17.5 Å². The van der Waals surface area contributed by atoms with E-state index < -0.39 is 0 Å². The van der Waals surface area contributed by atoms with Crippen molar-refractivity contribution in [1.29, 1.82) is 0 Å². The molecule has 0 saturated heterocycles. The zero-order valence-electron chi connectivity index (χ0n) is 27.4. The second kappa shape index (κ2) is 11.9. The summed E-state index contributed by atoms with van der Waals surface area (Å²) < 4.78 is 6.60. The third kappa shape index (κ3) is 5.11. The van der Waals surface area contributed by atoms with Crippen LogP contribution in [0.15, 0.2) is 174 Å². The van der Waals surface area contributed by atoms with E-state index in [0.717, 1.165) is 71.8 Å². The first-order valence-corrected chi connectivity index (χ1v) is 17.0. The van der Waals surface area contributed by atoms with Gasteiger partial charge in [-0.05, 0) is 58.3 Å². The van der Waals surface area contributed by atoms with Gasteiger partial charge in [-0.1, -0.05) is 127 Å². The minimum atomic E-state index is 0.604. The lowest BCUT2D eigenvalue weighted by molar-refractivity contribution is 0.670. The molecule has 0 aliphatic rings. The van der Waals surface area contributed by atoms with Gasteiger partial charge in [-0.15, -0.1) is 0 Å². The Morgan fingerprint density at radius 1 is 0.373 bits per heavy atom. The molecule has 0 saturated carbocycles. The van der Waals surface area contributed by atoms with Crippen LogP contribution in [-0.2, 0) is 0 Å². The van der Waals surface area contributed by atoms with Crippen LogP contribution in [0.25, 0.3) is 100 Å². The Hall–Kier alpha value is -6.98. The smallest absolute Gasteiger partial charge is 0.164 e. The van der Waals surface area contributed by atoms with Gasteiger partial charge in [0.25, 0.3) is 0 Å². The van der Waals surface area contributed by atoms with Crippen LogP contribution in [0.1, 0.15) is 0 Å². The summed E-state index contributed by atoms with van der Waals surface area (Å²) in [6.07, 6.45) is 1.97. The number of aromatic nitrogens is 4. The number of fused-ring (bicyclic) bond motifs is 6. The summed E-state index contributed by atoms with van der Waals surface area (Å²) in [4.78, 5) is 19.8. The third-order valence-corrected chi connectivity index (χ3v) is 9.53. The molecule has 0 aliphatic heterocycles. The Balaban J connectivity index is 1.17. The van der Waals surface area contributed by atoms with Gasteiger partial charge in [-0.2, -0.15) is 0 Å². The first-order chi connectivity index (χ1) is 25.2. The SMILES string of the molecule is c1ccc(-c2nc(-c3ccccc3)nc(-c3cccc(-c4cc(-c5cnc6ccc7ccccc7c6c5)cc5c4oc4ccccc45)c3)n2)cc1. The quantitative estimate of drug-likeness (QED) is 0.173. The number of rotatable bonds is 5. The lowest BCUT2D eigenvalue weighted by Crippen LogP contribution is -2.00. The molecule has 0 unspecified atom stereocenters. The molecule has 0 bridgehead atoms. The largest absolute Gasteiger partial charge is 0.455 e. The molecule has 3 aromatic heterocycles. The van der Waals surface area contributed by atoms with Gasteiger partial charge in [0.15, 0.2) is 17.5 Å². The highest BCUT2D eigenvalue weighted by Crippen LogP contribution is 2.41. The number of benzene rings is 7. The van der Waals surface area contributed by atoms with Crippen molar-refractivity contribution < 1.29 is 4.42 Å². The maximum Gasteiger partial charge on any atom is 0.164 e. The molecule has 238 valence electrons. The van der Waals surface area contributed by atoms with Crippen LogP contribution in [0, 0.1) is 0 Å². The maximum absolute atomic E-state index is 6.60. The van der Waals surface area contributed by atoms with Crippen molar-refractivity contribution in [3.05, 3.63) is 170 Å². The van der Waals surface area contributed by atoms with Gasteiger partial charge in [-0.3, -0.25) is 4.98 Å². The Morgan fingerprint density at radius 3 is 1.75 bits per heavy atom. The molecule has 3 heterocycles. The van der Waals surface area contributed by atoms with Crippen LogP contribution in [-0.4, -0.2) is 19.9 Å². The van der Waals surface area contributed by atoms with Crippen LogP contribution in [0.2, 0.25) is 0 Å². The third-order valence-electron chi connectivity index (χ3n) is 9.53. The molecule has 0 N–H and O–H groups in total. The molecule has 51 heavy (non-hydrogen) atoms. The van der Waals surface area contributed by atoms with E-state index in [4.69, 9.17) is 24.4 Å². The van der Waals surface area contributed by atoms with Crippen molar-refractivity contribution in [2.45, 2.75) is 0 Å². The van der Waals surface area contributed by atoms with Crippen LogP contribution >= 0.6 is 0 Å². The monoisotopic (exact) mass is 652 g/mol. The van der Waals surface area contributed by atoms with Crippen molar-refractivity contribution in [2.75, 3.05) is 0 Å². The van der Waals surface area contributed by atoms with Gasteiger partial charge in [0.1, 0.15) is 11.2 Å². The summed E-state index contributed by atoms with van der Waals surface area (Å²) in [6, 6.07) is 56.1. The molecule has 5 nitrogen and oxygen atoms in total. The second-order valence-electron chi connectivity index (χ2n) is 12.7. The highest BCUT2D eigenvalue weighted by atomic mass is 16.3. The van der Waals surface area contributed by atoms with Gasteiger partial charge in [0, 0.05) is 50.2 Å². The minimum Gasteiger partial charge on any atom is -0.455 e. The summed E-state index contributed by atoms with van der Waals surface area (Å²) in [5.74, 6) is 1.86. The molecule has 0 spiro atoms. The van der Waals surface area contributed by atoms with E-state index >= 15 is 0 Å². The lowest BCUT2D eigenvalue weighted by Gasteiger charge is -2.12. The van der Waals surface area contributed by atoms with E-state index in [9.17, 15) is 0 Å². The molecule has 10 aromatic rings. The van der Waals surface area contributed by atoms with E-state index in [-0.39, 0.29) is 0 Å². The summed E-state index contributed by atoms with van der Waals surface area (Å²) in [5.41, 5.74) is 9.50. The van der Waals surface area contributed by atoms with Gasteiger partial charge in [0.2, 0.25) is 0 Å². The van der Waals surface area contributed by atoms with Crippen LogP contribution in [0.3, 0.4) is 0 Å². The van der Waals surface area contributed by atoms with E-state index in [1.165, 1.54) is 10.8 Å². The highest BCUT2D eigenvalue weighted by molar-refractivity contribution is 6.12. The molecular weight excluding hydrogens is 625 g/mol. The number of hydrogen-bond donors (Lipinski definition) is 0. The average molecular weight is 653 g/mol. The van der Waals surface area contributed by atoms with Crippen LogP contribution < -0.4 is 0 Å². The van der Waals surface area contributed by atoms with Crippen LogP contribution in [0.5, 0.6) is 0 Å². The van der Waals surface area contributed by atoms with Crippen molar-refractivity contribution in [3.63, 3.8) is 0 Å². The Bertz CT molecular complexity index is 2860. The topological polar surface area (TPSA) is 64.7 Å². The summed E-state index contributed by atoms with van der Waals surface area (Å²) in [6.45, 7) is 0. The summed E-state index contributed by atoms with van der Waals surface area (Å²) >= 11 is 0. The summed E-state index contributed by atoms with van der Waals surface area (Å²) in [5, 5.41) is 5.64. The van der Waals surface area contributed by atoms with Crippen molar-refractivity contribution in [3.8, 4) is 56.4 Å². The van der Waals surface area contributed by atoms with Crippen molar-refractivity contribution in [2.24, 2.45) is 0 Å². The van der Waals surface area contributed by atoms with Crippen LogP contribution in [0.4, 0.5) is 0 Å². The highest BCUT2D eigenvalue weighted by Gasteiger charge is 2.18. The number of furan rings is 1. The van der Waals surface area contributed by atoms with E-state index in [1.807, 2.05) is 79.0 Å². The minimum absolute atomic E-state index is 0.604. The van der Waals surface area contributed by atoms with Gasteiger partial charge in [0.05, 0.1) is 5.52 Å². The fourth-order valence-corrected chi connectivity index (χ4v) is 7.01. The molecule has 0 atom stereocenters. The molecule has 0 amide bonds. The average Bonchev–Trinajstić information content (AvgIpc) is 3.59. The fraction of sp³-hybridized carbons (Fsp3) is 0. The van der Waals surface area contributed by atoms with E-state index in [2.05, 4.69) is 91.0 Å². The Morgan fingerprint density at radius 2 is 0.980 bits per heavy atom. The van der Waals surface area contributed by atoms with Crippen molar-refractivity contribution in [1.82, 2.24) is 19.9 Å². The maximum atomic E-state index is 6.60. The second-order valence-corrected chi connectivity index (χ2v) is 12.7. The zero-order chi connectivity index (χ0) is 33.7. The molecule has 0 aliphatic carbocycles. The lowest BCUT2D eigenvalue weighted by atomic mass is 9.94. The molecule has 10 rings (SSSR count). The molecule has 5 heteroatoms. The zero-order valence-corrected chi connectivity index (χ0v) is 27.4. The normalized spacial score (nSPS) is 11.5. The number of nitrogens with zero attached hydrogens (tertiary/aromatic N) is 4. The predicted octanol–water partition coefficient (Wildman–Crippen LogP) is 11.8. The Labute approximate surface area is 293 Å². The van der Waals surface area contributed by atoms with Gasteiger partial charge in [-0.25, -0.2) is 15.0 Å².